The topological polar surface area (TPSA) is 32.3 Å². The summed E-state index contributed by atoms with van der Waals surface area (Å²) in [4.78, 5) is 0. The standard InChI is InChI=1S/C13H19NO/c1-10-4-3-5-11(8-10)13(2,9-15)14-12-6-7-12/h3-5,8,12,14-15H,6-7,9H2,1-2H3. The first-order chi connectivity index (χ1) is 7.14. The summed E-state index contributed by atoms with van der Waals surface area (Å²) in [6.45, 7) is 4.30. The zero-order valence-corrected chi connectivity index (χ0v) is 9.46. The van der Waals surface area contributed by atoms with Gasteiger partial charge < -0.3 is 10.4 Å². The van der Waals surface area contributed by atoms with Crippen LogP contribution in [0.2, 0.25) is 0 Å². The van der Waals surface area contributed by atoms with Crippen molar-refractivity contribution < 1.29 is 5.11 Å². The lowest BCUT2D eigenvalue weighted by molar-refractivity contribution is 0.173. The molecule has 0 aliphatic heterocycles. The van der Waals surface area contributed by atoms with E-state index >= 15 is 0 Å². The zero-order chi connectivity index (χ0) is 10.9. The van der Waals surface area contributed by atoms with Crippen molar-refractivity contribution in [2.24, 2.45) is 0 Å². The lowest BCUT2D eigenvalue weighted by Gasteiger charge is -2.30. The van der Waals surface area contributed by atoms with Gasteiger partial charge in [0.05, 0.1) is 12.1 Å². The van der Waals surface area contributed by atoms with Gasteiger partial charge in [-0.2, -0.15) is 0 Å². The fraction of sp³-hybridized carbons (Fsp3) is 0.538. The molecule has 0 radical (unpaired) electrons. The van der Waals surface area contributed by atoms with Crippen LogP contribution in [0, 0.1) is 6.92 Å². The summed E-state index contributed by atoms with van der Waals surface area (Å²) < 4.78 is 0. The van der Waals surface area contributed by atoms with Crippen LogP contribution in [0.15, 0.2) is 24.3 Å². The van der Waals surface area contributed by atoms with E-state index in [4.69, 9.17) is 0 Å². The first kappa shape index (κ1) is 10.7. The summed E-state index contributed by atoms with van der Waals surface area (Å²) in [6.07, 6.45) is 2.48. The monoisotopic (exact) mass is 205 g/mol. The van der Waals surface area contributed by atoms with E-state index < -0.39 is 0 Å². The van der Waals surface area contributed by atoms with E-state index in [1.807, 2.05) is 6.07 Å². The van der Waals surface area contributed by atoms with Crippen molar-refractivity contribution in [1.82, 2.24) is 5.32 Å². The number of hydrogen-bond acceptors (Lipinski definition) is 2. The van der Waals surface area contributed by atoms with Crippen molar-refractivity contribution in [2.45, 2.75) is 38.3 Å². The molecule has 0 heterocycles. The van der Waals surface area contributed by atoms with Gasteiger partial charge >= 0.3 is 0 Å². The Balaban J connectivity index is 2.23. The van der Waals surface area contributed by atoms with Crippen LogP contribution in [0.4, 0.5) is 0 Å². The second kappa shape index (κ2) is 3.95. The molecule has 1 fully saturated rings. The Bertz CT molecular complexity index is 346. The molecular weight excluding hydrogens is 186 g/mol. The van der Waals surface area contributed by atoms with E-state index in [-0.39, 0.29) is 12.1 Å². The number of rotatable bonds is 4. The SMILES string of the molecule is Cc1cccc(C(C)(CO)NC2CC2)c1. The molecule has 2 rings (SSSR count). The van der Waals surface area contributed by atoms with Gasteiger partial charge in [0.2, 0.25) is 0 Å². The van der Waals surface area contributed by atoms with Crippen LogP contribution in [-0.4, -0.2) is 17.8 Å². The normalized spacial score (nSPS) is 19.9. The van der Waals surface area contributed by atoms with Crippen molar-refractivity contribution in [3.63, 3.8) is 0 Å². The van der Waals surface area contributed by atoms with Gasteiger partial charge in [-0.25, -0.2) is 0 Å². The van der Waals surface area contributed by atoms with Gasteiger partial charge in [-0.05, 0) is 32.3 Å². The molecule has 0 spiro atoms. The van der Waals surface area contributed by atoms with Crippen LogP contribution in [0.1, 0.15) is 30.9 Å². The molecule has 1 saturated carbocycles. The molecule has 82 valence electrons. The van der Waals surface area contributed by atoms with Crippen LogP contribution in [0.25, 0.3) is 0 Å². The van der Waals surface area contributed by atoms with E-state index in [2.05, 4.69) is 37.4 Å². The summed E-state index contributed by atoms with van der Waals surface area (Å²) in [7, 11) is 0. The summed E-state index contributed by atoms with van der Waals surface area (Å²) in [6, 6.07) is 8.96. The average Bonchev–Trinajstić information content (AvgIpc) is 3.01. The van der Waals surface area contributed by atoms with E-state index in [1.165, 1.54) is 24.0 Å². The Morgan fingerprint density at radius 2 is 2.20 bits per heavy atom. The minimum Gasteiger partial charge on any atom is -0.394 e. The maximum Gasteiger partial charge on any atom is 0.0652 e. The molecule has 1 aromatic carbocycles. The maximum atomic E-state index is 9.54. The quantitative estimate of drug-likeness (QED) is 0.787. The molecule has 0 amide bonds. The zero-order valence-electron chi connectivity index (χ0n) is 9.46. The third-order valence-corrected chi connectivity index (χ3v) is 3.07. The van der Waals surface area contributed by atoms with Gasteiger partial charge in [0.15, 0.2) is 0 Å². The van der Waals surface area contributed by atoms with Gasteiger partial charge in [0.1, 0.15) is 0 Å². The van der Waals surface area contributed by atoms with Gasteiger partial charge in [-0.3, -0.25) is 0 Å². The molecule has 2 heteroatoms. The summed E-state index contributed by atoms with van der Waals surface area (Å²) >= 11 is 0. The highest BCUT2D eigenvalue weighted by atomic mass is 16.3. The fourth-order valence-electron chi connectivity index (χ4n) is 1.89. The van der Waals surface area contributed by atoms with Gasteiger partial charge in [-0.15, -0.1) is 0 Å². The number of hydrogen-bond donors (Lipinski definition) is 2. The number of aliphatic hydroxyl groups is 1. The molecule has 1 aromatic rings. The smallest absolute Gasteiger partial charge is 0.0652 e. The number of nitrogens with one attached hydrogen (secondary N) is 1. The van der Waals surface area contributed by atoms with Crippen LogP contribution in [0.5, 0.6) is 0 Å². The Morgan fingerprint density at radius 3 is 2.73 bits per heavy atom. The van der Waals surface area contributed by atoms with E-state index in [0.29, 0.717) is 6.04 Å². The van der Waals surface area contributed by atoms with E-state index in [1.54, 1.807) is 0 Å². The van der Waals surface area contributed by atoms with Crippen LogP contribution in [-0.2, 0) is 5.54 Å². The first-order valence-electron chi connectivity index (χ1n) is 5.60. The van der Waals surface area contributed by atoms with Gasteiger partial charge in [0.25, 0.3) is 0 Å². The number of aliphatic hydroxyl groups excluding tert-OH is 1. The van der Waals surface area contributed by atoms with Crippen LogP contribution < -0.4 is 5.32 Å². The van der Waals surface area contributed by atoms with Crippen LogP contribution in [0.3, 0.4) is 0 Å². The Kier molecular flexibility index (Phi) is 2.81. The molecule has 0 aromatic heterocycles. The predicted molar refractivity (Wildman–Crippen MR) is 61.8 cm³/mol. The molecular formula is C13H19NO. The molecule has 15 heavy (non-hydrogen) atoms. The number of benzene rings is 1. The molecule has 1 atom stereocenters. The molecule has 0 saturated heterocycles. The molecule has 2 nitrogen and oxygen atoms in total. The molecule has 1 aliphatic rings. The van der Waals surface area contributed by atoms with Crippen LogP contribution >= 0.6 is 0 Å². The second-order valence-corrected chi connectivity index (χ2v) is 4.78. The minimum atomic E-state index is -0.285. The Morgan fingerprint density at radius 1 is 1.47 bits per heavy atom. The fourth-order valence-corrected chi connectivity index (χ4v) is 1.89. The minimum absolute atomic E-state index is 0.146. The molecule has 2 N–H and O–H groups in total. The predicted octanol–water partition coefficient (Wildman–Crippen LogP) is 1.95. The summed E-state index contributed by atoms with van der Waals surface area (Å²) in [5.41, 5.74) is 2.13. The second-order valence-electron chi connectivity index (χ2n) is 4.78. The Labute approximate surface area is 91.3 Å². The van der Waals surface area contributed by atoms with Gasteiger partial charge in [-0.1, -0.05) is 29.8 Å². The third kappa shape index (κ3) is 2.39. The molecule has 1 unspecified atom stereocenters. The highest BCUT2D eigenvalue weighted by Gasteiger charge is 2.33. The maximum absolute atomic E-state index is 9.54. The summed E-state index contributed by atoms with van der Waals surface area (Å²) in [5, 5.41) is 13.1. The largest absolute Gasteiger partial charge is 0.394 e. The summed E-state index contributed by atoms with van der Waals surface area (Å²) in [5.74, 6) is 0. The Hall–Kier alpha value is -0.860. The lowest BCUT2D eigenvalue weighted by atomic mass is 9.91. The van der Waals surface area contributed by atoms with E-state index in [0.717, 1.165) is 0 Å². The third-order valence-electron chi connectivity index (χ3n) is 3.07. The van der Waals surface area contributed by atoms with Crippen molar-refractivity contribution in [3.05, 3.63) is 35.4 Å². The van der Waals surface area contributed by atoms with Gasteiger partial charge in [0, 0.05) is 6.04 Å². The molecule has 0 bridgehead atoms. The number of aryl methyl sites for hydroxylation is 1. The van der Waals surface area contributed by atoms with Crippen molar-refractivity contribution >= 4 is 0 Å². The first-order valence-corrected chi connectivity index (χ1v) is 5.60. The lowest BCUT2D eigenvalue weighted by Crippen LogP contribution is -2.44. The van der Waals surface area contributed by atoms with Crippen molar-refractivity contribution in [1.29, 1.82) is 0 Å². The highest BCUT2D eigenvalue weighted by Crippen LogP contribution is 2.28. The molecule has 1 aliphatic carbocycles. The average molecular weight is 205 g/mol. The van der Waals surface area contributed by atoms with Crippen molar-refractivity contribution in [3.8, 4) is 0 Å². The van der Waals surface area contributed by atoms with E-state index in [9.17, 15) is 5.11 Å². The van der Waals surface area contributed by atoms with Crippen molar-refractivity contribution in [2.75, 3.05) is 6.61 Å². The highest BCUT2D eigenvalue weighted by molar-refractivity contribution is 5.29.